The lowest BCUT2D eigenvalue weighted by Gasteiger charge is -2.37. The van der Waals surface area contributed by atoms with E-state index in [1.807, 2.05) is 6.07 Å². The summed E-state index contributed by atoms with van der Waals surface area (Å²) >= 11 is 0. The Morgan fingerprint density at radius 2 is 2.47 bits per heavy atom. The maximum absolute atomic E-state index is 5.89. The first-order chi connectivity index (χ1) is 8.36. The molecule has 94 valence electrons. The number of nitrogens with zero attached hydrogens (tertiary/aromatic N) is 1. The summed E-state index contributed by atoms with van der Waals surface area (Å²) in [6.45, 7) is 3.16. The molecule has 0 amide bonds. The number of nitrogens with one attached hydrogen (secondary N) is 1. The Kier molecular flexibility index (Phi) is 3.13. The van der Waals surface area contributed by atoms with Crippen molar-refractivity contribution in [3.8, 4) is 0 Å². The van der Waals surface area contributed by atoms with Crippen LogP contribution in [-0.4, -0.2) is 36.6 Å². The highest BCUT2D eigenvalue weighted by Gasteiger charge is 2.40. The zero-order valence-corrected chi connectivity index (χ0v) is 9.85. The maximum atomic E-state index is 5.89. The van der Waals surface area contributed by atoms with Crippen molar-refractivity contribution in [1.29, 1.82) is 0 Å². The van der Waals surface area contributed by atoms with E-state index in [4.69, 9.17) is 14.0 Å². The summed E-state index contributed by atoms with van der Waals surface area (Å²) in [6.07, 6.45) is 4.72. The molecule has 1 aromatic rings. The number of rotatable bonds is 3. The van der Waals surface area contributed by atoms with Crippen molar-refractivity contribution in [3.05, 3.63) is 18.0 Å². The second-order valence-electron chi connectivity index (χ2n) is 4.90. The monoisotopic (exact) mass is 238 g/mol. The molecule has 2 aliphatic rings. The van der Waals surface area contributed by atoms with Gasteiger partial charge in [-0.25, -0.2) is 0 Å². The quantitative estimate of drug-likeness (QED) is 0.854. The molecule has 17 heavy (non-hydrogen) atoms. The van der Waals surface area contributed by atoms with Gasteiger partial charge in [0.15, 0.2) is 0 Å². The van der Waals surface area contributed by atoms with Crippen molar-refractivity contribution in [3.63, 3.8) is 0 Å². The van der Waals surface area contributed by atoms with E-state index in [0.717, 1.165) is 51.3 Å². The third-order valence-electron chi connectivity index (χ3n) is 3.62. The second kappa shape index (κ2) is 4.76. The van der Waals surface area contributed by atoms with Crippen LogP contribution in [0.2, 0.25) is 0 Å². The Hall–Kier alpha value is -0.910. The smallest absolute Gasteiger partial charge is 0.124 e. The first-order valence-electron chi connectivity index (χ1n) is 6.21. The minimum absolute atomic E-state index is 0.0280. The average molecular weight is 238 g/mol. The van der Waals surface area contributed by atoms with Crippen LogP contribution in [0.1, 0.15) is 25.0 Å². The molecule has 3 heterocycles. The number of aromatic nitrogens is 1. The van der Waals surface area contributed by atoms with E-state index in [0.29, 0.717) is 6.04 Å². The van der Waals surface area contributed by atoms with Gasteiger partial charge in [-0.15, -0.1) is 0 Å². The number of ether oxygens (including phenoxy) is 2. The van der Waals surface area contributed by atoms with Crippen LogP contribution < -0.4 is 5.32 Å². The van der Waals surface area contributed by atoms with Crippen LogP contribution in [0.3, 0.4) is 0 Å². The van der Waals surface area contributed by atoms with E-state index in [9.17, 15) is 0 Å². The van der Waals surface area contributed by atoms with Gasteiger partial charge < -0.3 is 19.3 Å². The zero-order chi connectivity index (χ0) is 11.6. The van der Waals surface area contributed by atoms with E-state index < -0.39 is 0 Å². The van der Waals surface area contributed by atoms with Crippen LogP contribution in [0.25, 0.3) is 0 Å². The zero-order valence-electron chi connectivity index (χ0n) is 9.85. The normalized spacial score (nSPS) is 33.3. The standard InChI is InChI=1S/C12H18N2O3/c1-4-16-12(3-6-15-9-12)7-10(1)13-8-11-2-5-17-14-11/h2,5,10,13H,1,3-4,6-9H2. The summed E-state index contributed by atoms with van der Waals surface area (Å²) in [7, 11) is 0. The summed E-state index contributed by atoms with van der Waals surface area (Å²) in [5.41, 5.74) is 0.924. The van der Waals surface area contributed by atoms with E-state index in [2.05, 4.69) is 10.5 Å². The summed E-state index contributed by atoms with van der Waals surface area (Å²) in [5.74, 6) is 0. The molecule has 5 heteroatoms. The number of hydrogen-bond acceptors (Lipinski definition) is 5. The Morgan fingerprint density at radius 1 is 1.47 bits per heavy atom. The molecule has 2 unspecified atom stereocenters. The topological polar surface area (TPSA) is 56.5 Å². The van der Waals surface area contributed by atoms with Crippen molar-refractivity contribution in [2.75, 3.05) is 19.8 Å². The van der Waals surface area contributed by atoms with Gasteiger partial charge >= 0.3 is 0 Å². The van der Waals surface area contributed by atoms with Crippen molar-refractivity contribution < 1.29 is 14.0 Å². The molecule has 2 aliphatic heterocycles. The molecule has 0 saturated carbocycles. The predicted octanol–water partition coefficient (Wildman–Crippen LogP) is 1.10. The van der Waals surface area contributed by atoms with Gasteiger partial charge in [-0.3, -0.25) is 0 Å². The summed E-state index contributed by atoms with van der Waals surface area (Å²) in [5, 5.41) is 7.41. The first-order valence-corrected chi connectivity index (χ1v) is 6.21. The van der Waals surface area contributed by atoms with Gasteiger partial charge in [0, 0.05) is 38.3 Å². The molecular formula is C12H18N2O3. The second-order valence-corrected chi connectivity index (χ2v) is 4.90. The van der Waals surface area contributed by atoms with Crippen molar-refractivity contribution >= 4 is 0 Å². The van der Waals surface area contributed by atoms with Crippen LogP contribution in [-0.2, 0) is 16.0 Å². The van der Waals surface area contributed by atoms with Crippen LogP contribution in [0.5, 0.6) is 0 Å². The van der Waals surface area contributed by atoms with Crippen LogP contribution in [0.15, 0.2) is 16.9 Å². The molecular weight excluding hydrogens is 220 g/mol. The lowest BCUT2D eigenvalue weighted by molar-refractivity contribution is -0.0895. The highest BCUT2D eigenvalue weighted by Crippen LogP contribution is 2.32. The SMILES string of the molecule is c1cc(CNC2CCOC3(CCOC3)C2)no1. The molecule has 1 spiro atoms. The molecule has 0 aliphatic carbocycles. The lowest BCUT2D eigenvalue weighted by atomic mass is 9.89. The van der Waals surface area contributed by atoms with E-state index in [1.165, 1.54) is 0 Å². The van der Waals surface area contributed by atoms with Crippen LogP contribution >= 0.6 is 0 Å². The Bertz CT molecular complexity index is 347. The Labute approximate surface area is 100 Å². The summed E-state index contributed by atoms with van der Waals surface area (Å²) < 4.78 is 16.2. The molecule has 0 radical (unpaired) electrons. The van der Waals surface area contributed by atoms with Gasteiger partial charge in [-0.1, -0.05) is 5.16 Å². The minimum Gasteiger partial charge on any atom is -0.378 e. The van der Waals surface area contributed by atoms with E-state index >= 15 is 0 Å². The van der Waals surface area contributed by atoms with Gasteiger partial charge in [0.25, 0.3) is 0 Å². The fourth-order valence-corrected chi connectivity index (χ4v) is 2.64. The van der Waals surface area contributed by atoms with Crippen LogP contribution in [0, 0.1) is 0 Å². The highest BCUT2D eigenvalue weighted by atomic mass is 16.6. The fourth-order valence-electron chi connectivity index (χ4n) is 2.64. The molecule has 0 bridgehead atoms. The average Bonchev–Trinajstić information content (AvgIpc) is 2.99. The highest BCUT2D eigenvalue weighted by molar-refractivity contribution is 4.97. The van der Waals surface area contributed by atoms with Gasteiger partial charge in [0.1, 0.15) is 6.26 Å². The molecule has 2 fully saturated rings. The molecule has 2 saturated heterocycles. The van der Waals surface area contributed by atoms with Crippen molar-refractivity contribution in [1.82, 2.24) is 10.5 Å². The Morgan fingerprint density at radius 3 is 3.24 bits per heavy atom. The minimum atomic E-state index is -0.0280. The maximum Gasteiger partial charge on any atom is 0.124 e. The lowest BCUT2D eigenvalue weighted by Crippen LogP contribution is -2.47. The van der Waals surface area contributed by atoms with Gasteiger partial charge in [0.05, 0.1) is 17.9 Å². The Balaban J connectivity index is 1.53. The molecule has 5 nitrogen and oxygen atoms in total. The molecule has 0 aromatic carbocycles. The number of hydrogen-bond donors (Lipinski definition) is 1. The third kappa shape index (κ3) is 2.51. The van der Waals surface area contributed by atoms with E-state index in [-0.39, 0.29) is 5.60 Å². The first kappa shape index (κ1) is 11.2. The molecule has 2 atom stereocenters. The summed E-state index contributed by atoms with van der Waals surface area (Å²) in [6, 6.07) is 2.38. The van der Waals surface area contributed by atoms with Gasteiger partial charge in [-0.2, -0.15) is 0 Å². The third-order valence-corrected chi connectivity index (χ3v) is 3.62. The molecule has 1 aromatic heterocycles. The summed E-state index contributed by atoms with van der Waals surface area (Å²) in [4.78, 5) is 0. The van der Waals surface area contributed by atoms with Crippen molar-refractivity contribution in [2.24, 2.45) is 0 Å². The van der Waals surface area contributed by atoms with Gasteiger partial charge in [0.2, 0.25) is 0 Å². The fraction of sp³-hybridized carbons (Fsp3) is 0.750. The van der Waals surface area contributed by atoms with Crippen LogP contribution in [0.4, 0.5) is 0 Å². The van der Waals surface area contributed by atoms with Crippen molar-refractivity contribution in [2.45, 2.75) is 37.5 Å². The predicted molar refractivity (Wildman–Crippen MR) is 60.5 cm³/mol. The largest absolute Gasteiger partial charge is 0.378 e. The van der Waals surface area contributed by atoms with Gasteiger partial charge in [-0.05, 0) is 12.8 Å². The van der Waals surface area contributed by atoms with E-state index in [1.54, 1.807) is 6.26 Å². The molecule has 3 rings (SSSR count). The molecule has 1 N–H and O–H groups in total.